The predicted octanol–water partition coefficient (Wildman–Crippen LogP) is 3.53. The summed E-state index contributed by atoms with van der Waals surface area (Å²) in [6.07, 6.45) is 0. The number of amides is 1. The van der Waals surface area contributed by atoms with E-state index in [1.165, 1.54) is 16.9 Å². The molecule has 1 amide bonds. The Balaban J connectivity index is 1.26. The molecule has 0 bridgehead atoms. The molecule has 5 nitrogen and oxygen atoms in total. The standard InChI is InChI=1S/C23H22N4OS/c28-22(25-23-24-21(18-29-23)20-9-5-2-6-10-20)11-12-26-13-15-27(16-14-26)17-19-7-3-1-4-8-19/h1-10,18H,13-17H2,(H,24,25,28). The van der Waals surface area contributed by atoms with Crippen LogP contribution in [0.3, 0.4) is 0 Å². The Kier molecular flexibility index (Phi) is 6.20. The van der Waals surface area contributed by atoms with Gasteiger partial charge in [-0.3, -0.25) is 15.0 Å². The average molecular weight is 403 g/mol. The van der Waals surface area contributed by atoms with Crippen molar-refractivity contribution in [1.82, 2.24) is 14.8 Å². The number of nitrogens with one attached hydrogen (secondary N) is 1. The van der Waals surface area contributed by atoms with Crippen LogP contribution >= 0.6 is 11.3 Å². The van der Waals surface area contributed by atoms with Gasteiger partial charge in [0.15, 0.2) is 5.13 Å². The molecule has 1 aliphatic rings. The van der Waals surface area contributed by atoms with Gasteiger partial charge < -0.3 is 4.90 Å². The van der Waals surface area contributed by atoms with E-state index in [1.807, 2.05) is 46.7 Å². The first-order chi connectivity index (χ1) is 14.3. The van der Waals surface area contributed by atoms with Gasteiger partial charge in [0.1, 0.15) is 0 Å². The number of thiazole rings is 1. The van der Waals surface area contributed by atoms with Gasteiger partial charge in [0.2, 0.25) is 0 Å². The Morgan fingerprint density at radius 1 is 1.00 bits per heavy atom. The summed E-state index contributed by atoms with van der Waals surface area (Å²) in [6, 6.07) is 23.4. The summed E-state index contributed by atoms with van der Waals surface area (Å²) in [5.41, 5.74) is 3.21. The molecular weight excluding hydrogens is 380 g/mol. The smallest absolute Gasteiger partial charge is 0.303 e. The van der Waals surface area contributed by atoms with Crippen molar-refractivity contribution in [3.8, 4) is 23.2 Å². The highest BCUT2D eigenvalue weighted by Gasteiger charge is 2.15. The number of piperazine rings is 1. The molecule has 146 valence electrons. The maximum atomic E-state index is 12.2. The summed E-state index contributed by atoms with van der Waals surface area (Å²) in [5, 5.41) is 5.27. The summed E-state index contributed by atoms with van der Waals surface area (Å²) >= 11 is 1.40. The molecule has 2 heterocycles. The minimum Gasteiger partial charge on any atom is -0.330 e. The van der Waals surface area contributed by atoms with Crippen molar-refractivity contribution in [2.45, 2.75) is 6.54 Å². The fraction of sp³-hybridized carbons (Fsp3) is 0.217. The molecule has 1 N–H and O–H groups in total. The molecule has 0 unspecified atom stereocenters. The van der Waals surface area contributed by atoms with Gasteiger partial charge in [0.05, 0.1) is 5.69 Å². The molecule has 29 heavy (non-hydrogen) atoms. The Morgan fingerprint density at radius 2 is 1.69 bits per heavy atom. The van der Waals surface area contributed by atoms with Gasteiger partial charge in [-0.2, -0.15) is 0 Å². The number of aromatic nitrogens is 1. The number of nitrogens with zero attached hydrogens (tertiary/aromatic N) is 3. The van der Waals surface area contributed by atoms with Gasteiger partial charge in [-0.15, -0.1) is 11.3 Å². The number of carbonyl (C=O) groups excluding carboxylic acids is 1. The molecule has 0 radical (unpaired) electrons. The van der Waals surface area contributed by atoms with Crippen LogP contribution in [0.25, 0.3) is 11.3 Å². The van der Waals surface area contributed by atoms with Crippen LogP contribution in [0.2, 0.25) is 0 Å². The fourth-order valence-corrected chi connectivity index (χ4v) is 3.90. The molecule has 0 spiro atoms. The summed E-state index contributed by atoms with van der Waals surface area (Å²) in [7, 11) is 0. The molecule has 0 saturated carbocycles. The van der Waals surface area contributed by atoms with Crippen LogP contribution in [0.5, 0.6) is 0 Å². The number of anilines is 1. The second-order valence-electron chi connectivity index (χ2n) is 6.84. The Hall–Kier alpha value is -3.14. The topological polar surface area (TPSA) is 48.5 Å². The molecule has 0 aliphatic carbocycles. The van der Waals surface area contributed by atoms with Gasteiger partial charge in [0.25, 0.3) is 0 Å². The molecular formula is C23H22N4OS. The van der Waals surface area contributed by atoms with Crippen LogP contribution in [-0.2, 0) is 11.3 Å². The van der Waals surface area contributed by atoms with E-state index in [1.54, 1.807) is 0 Å². The first-order valence-electron chi connectivity index (χ1n) is 9.61. The molecule has 4 rings (SSSR count). The van der Waals surface area contributed by atoms with E-state index >= 15 is 0 Å². The lowest BCUT2D eigenvalue weighted by molar-refractivity contribution is -0.111. The molecule has 1 fully saturated rings. The van der Waals surface area contributed by atoms with Crippen LogP contribution in [0, 0.1) is 12.0 Å². The highest BCUT2D eigenvalue weighted by atomic mass is 32.1. The van der Waals surface area contributed by atoms with Crippen molar-refractivity contribution in [2.75, 3.05) is 31.5 Å². The lowest BCUT2D eigenvalue weighted by Gasteiger charge is -2.32. The molecule has 1 saturated heterocycles. The number of hydrogen-bond donors (Lipinski definition) is 1. The predicted molar refractivity (Wildman–Crippen MR) is 117 cm³/mol. The van der Waals surface area contributed by atoms with Crippen molar-refractivity contribution < 1.29 is 4.79 Å². The summed E-state index contributed by atoms with van der Waals surface area (Å²) in [6.45, 7) is 4.51. The fourth-order valence-electron chi connectivity index (χ4n) is 3.19. The van der Waals surface area contributed by atoms with E-state index < -0.39 is 0 Å². The van der Waals surface area contributed by atoms with Crippen LogP contribution < -0.4 is 5.32 Å². The average Bonchev–Trinajstić information content (AvgIpc) is 3.23. The highest BCUT2D eigenvalue weighted by Crippen LogP contribution is 2.24. The third kappa shape index (κ3) is 5.44. The largest absolute Gasteiger partial charge is 0.330 e. The lowest BCUT2D eigenvalue weighted by Crippen LogP contribution is -2.43. The SMILES string of the molecule is O=C(C#CN1CCN(Cc2ccccc2)CC1)Nc1nc(-c2ccccc2)cs1. The molecule has 1 aromatic heterocycles. The van der Waals surface area contributed by atoms with Crippen molar-refractivity contribution in [1.29, 1.82) is 0 Å². The van der Waals surface area contributed by atoms with E-state index in [0.29, 0.717) is 5.13 Å². The van der Waals surface area contributed by atoms with Gasteiger partial charge in [-0.25, -0.2) is 4.98 Å². The van der Waals surface area contributed by atoms with E-state index in [9.17, 15) is 4.79 Å². The summed E-state index contributed by atoms with van der Waals surface area (Å²) in [4.78, 5) is 21.0. The van der Waals surface area contributed by atoms with Crippen LogP contribution in [-0.4, -0.2) is 46.9 Å². The Labute approximate surface area is 175 Å². The highest BCUT2D eigenvalue weighted by molar-refractivity contribution is 7.14. The minimum atomic E-state index is -0.328. The first-order valence-corrected chi connectivity index (χ1v) is 10.5. The minimum absolute atomic E-state index is 0.328. The van der Waals surface area contributed by atoms with E-state index in [2.05, 4.69) is 51.4 Å². The normalized spacial score (nSPS) is 14.1. The number of carbonyl (C=O) groups is 1. The van der Waals surface area contributed by atoms with E-state index in [0.717, 1.165) is 44.0 Å². The van der Waals surface area contributed by atoms with Gasteiger partial charge in [0, 0.05) is 55.6 Å². The Morgan fingerprint density at radius 3 is 2.41 bits per heavy atom. The zero-order valence-corrected chi connectivity index (χ0v) is 16.9. The second kappa shape index (κ2) is 9.37. The summed E-state index contributed by atoms with van der Waals surface area (Å²) in [5.74, 6) is 2.36. The quantitative estimate of drug-likeness (QED) is 0.679. The first kappa shape index (κ1) is 19.2. The monoisotopic (exact) mass is 402 g/mol. The van der Waals surface area contributed by atoms with Crippen molar-refractivity contribution in [2.24, 2.45) is 0 Å². The van der Waals surface area contributed by atoms with Gasteiger partial charge in [-0.1, -0.05) is 60.7 Å². The zero-order valence-electron chi connectivity index (χ0n) is 16.0. The van der Waals surface area contributed by atoms with Crippen molar-refractivity contribution >= 4 is 22.4 Å². The maximum Gasteiger partial charge on any atom is 0.303 e. The third-order valence-electron chi connectivity index (χ3n) is 4.74. The maximum absolute atomic E-state index is 12.2. The number of hydrogen-bond acceptors (Lipinski definition) is 5. The van der Waals surface area contributed by atoms with E-state index in [-0.39, 0.29) is 5.91 Å². The molecule has 3 aromatic rings. The van der Waals surface area contributed by atoms with Crippen LogP contribution in [0.1, 0.15) is 5.56 Å². The number of benzene rings is 2. The van der Waals surface area contributed by atoms with Crippen LogP contribution in [0.4, 0.5) is 5.13 Å². The molecule has 0 atom stereocenters. The van der Waals surface area contributed by atoms with Gasteiger partial charge >= 0.3 is 5.91 Å². The van der Waals surface area contributed by atoms with Gasteiger partial charge in [-0.05, 0) is 5.56 Å². The van der Waals surface area contributed by atoms with E-state index in [4.69, 9.17) is 0 Å². The molecule has 6 heteroatoms. The molecule has 1 aliphatic heterocycles. The summed E-state index contributed by atoms with van der Waals surface area (Å²) < 4.78 is 0. The van der Waals surface area contributed by atoms with Crippen LogP contribution in [0.15, 0.2) is 66.0 Å². The van der Waals surface area contributed by atoms with Crippen molar-refractivity contribution in [3.63, 3.8) is 0 Å². The Bertz CT molecular complexity index is 999. The lowest BCUT2D eigenvalue weighted by atomic mass is 10.2. The second-order valence-corrected chi connectivity index (χ2v) is 7.70. The molecule has 2 aromatic carbocycles. The zero-order chi connectivity index (χ0) is 19.9. The van der Waals surface area contributed by atoms with Crippen molar-refractivity contribution in [3.05, 3.63) is 71.6 Å². The third-order valence-corrected chi connectivity index (χ3v) is 5.50. The number of rotatable bonds is 4.